The molecule has 0 fully saturated rings. The lowest BCUT2D eigenvalue weighted by molar-refractivity contribution is -0.118. The predicted molar refractivity (Wildman–Crippen MR) is 122 cm³/mol. The molecular formula is C25H27N3O4. The van der Waals surface area contributed by atoms with Gasteiger partial charge in [-0.3, -0.25) is 9.59 Å². The van der Waals surface area contributed by atoms with Crippen LogP contribution in [0.3, 0.4) is 0 Å². The monoisotopic (exact) mass is 433 g/mol. The summed E-state index contributed by atoms with van der Waals surface area (Å²) in [5.41, 5.74) is 4.77. The van der Waals surface area contributed by atoms with Crippen molar-refractivity contribution >= 4 is 11.6 Å². The number of carbonyl (C=O) groups excluding carboxylic acids is 1. The molecule has 0 atom stereocenters. The summed E-state index contributed by atoms with van der Waals surface area (Å²) >= 11 is 0. The summed E-state index contributed by atoms with van der Waals surface area (Å²) in [4.78, 5) is 24.3. The number of nitrogens with zero attached hydrogens (tertiary/aromatic N) is 1. The summed E-state index contributed by atoms with van der Waals surface area (Å²) in [5.74, 6) is 1.11. The fourth-order valence-corrected chi connectivity index (χ4v) is 4.02. The second-order valence-corrected chi connectivity index (χ2v) is 7.88. The van der Waals surface area contributed by atoms with Gasteiger partial charge < -0.3 is 14.8 Å². The van der Waals surface area contributed by atoms with E-state index >= 15 is 0 Å². The van der Waals surface area contributed by atoms with Gasteiger partial charge in [-0.05, 0) is 86.1 Å². The molecule has 1 amide bonds. The van der Waals surface area contributed by atoms with E-state index in [9.17, 15) is 9.59 Å². The molecule has 0 radical (unpaired) electrons. The predicted octanol–water partition coefficient (Wildman–Crippen LogP) is 3.46. The third-order valence-corrected chi connectivity index (χ3v) is 5.67. The molecule has 7 nitrogen and oxygen atoms in total. The molecule has 1 aliphatic carbocycles. The van der Waals surface area contributed by atoms with Gasteiger partial charge in [-0.2, -0.15) is 5.10 Å². The van der Waals surface area contributed by atoms with Crippen molar-refractivity contribution in [1.82, 2.24) is 10.2 Å². The van der Waals surface area contributed by atoms with Crippen molar-refractivity contribution in [2.24, 2.45) is 0 Å². The zero-order chi connectivity index (χ0) is 22.3. The van der Waals surface area contributed by atoms with E-state index in [1.165, 1.54) is 0 Å². The van der Waals surface area contributed by atoms with Crippen molar-refractivity contribution in [3.63, 3.8) is 0 Å². The SMILES string of the molecule is COc1ccc(OCC(=O)Nc2cccc(CCc3n[nH]c(=O)c4c3CCCC4)c2)cc1. The molecule has 3 aromatic rings. The van der Waals surface area contributed by atoms with Crippen LogP contribution in [0.4, 0.5) is 5.69 Å². The minimum absolute atomic E-state index is 0.0509. The number of fused-ring (bicyclic) bond motifs is 1. The number of anilines is 1. The highest BCUT2D eigenvalue weighted by molar-refractivity contribution is 5.91. The topological polar surface area (TPSA) is 93.3 Å². The lowest BCUT2D eigenvalue weighted by Crippen LogP contribution is -2.23. The summed E-state index contributed by atoms with van der Waals surface area (Å²) in [7, 11) is 1.60. The number of hydrogen-bond acceptors (Lipinski definition) is 5. The maximum absolute atomic E-state index is 12.3. The Morgan fingerprint density at radius 2 is 1.78 bits per heavy atom. The Balaban J connectivity index is 1.33. The lowest BCUT2D eigenvalue weighted by Gasteiger charge is -2.17. The van der Waals surface area contributed by atoms with Gasteiger partial charge in [0.25, 0.3) is 11.5 Å². The van der Waals surface area contributed by atoms with Gasteiger partial charge in [-0.1, -0.05) is 12.1 Å². The van der Waals surface area contributed by atoms with Gasteiger partial charge in [-0.15, -0.1) is 0 Å². The van der Waals surface area contributed by atoms with Gasteiger partial charge >= 0.3 is 0 Å². The van der Waals surface area contributed by atoms with Crippen molar-refractivity contribution in [3.8, 4) is 11.5 Å². The van der Waals surface area contributed by atoms with E-state index in [2.05, 4.69) is 15.5 Å². The van der Waals surface area contributed by atoms with E-state index in [1.54, 1.807) is 31.4 Å². The zero-order valence-corrected chi connectivity index (χ0v) is 18.1. The minimum atomic E-state index is -0.227. The van der Waals surface area contributed by atoms with Crippen molar-refractivity contribution in [2.75, 3.05) is 19.0 Å². The van der Waals surface area contributed by atoms with Gasteiger partial charge in [-0.25, -0.2) is 5.10 Å². The Hall–Kier alpha value is -3.61. The van der Waals surface area contributed by atoms with Gasteiger partial charge in [0.2, 0.25) is 0 Å². The van der Waals surface area contributed by atoms with Crippen LogP contribution in [-0.2, 0) is 30.5 Å². The van der Waals surface area contributed by atoms with E-state index in [1.807, 2.05) is 24.3 Å². The smallest absolute Gasteiger partial charge is 0.267 e. The Kier molecular flexibility index (Phi) is 6.84. The number of aryl methyl sites for hydroxylation is 2. The Morgan fingerprint density at radius 3 is 2.56 bits per heavy atom. The van der Waals surface area contributed by atoms with Crippen LogP contribution in [0.2, 0.25) is 0 Å². The van der Waals surface area contributed by atoms with Crippen molar-refractivity contribution < 1.29 is 14.3 Å². The van der Waals surface area contributed by atoms with Crippen LogP contribution >= 0.6 is 0 Å². The number of methoxy groups -OCH3 is 1. The molecule has 1 aliphatic rings. The summed E-state index contributed by atoms with van der Waals surface area (Å²) < 4.78 is 10.6. The summed E-state index contributed by atoms with van der Waals surface area (Å²) in [6.45, 7) is -0.0794. The molecule has 0 unspecified atom stereocenters. The molecule has 0 saturated carbocycles. The van der Waals surface area contributed by atoms with Gasteiger partial charge in [0, 0.05) is 11.3 Å². The normalized spacial score (nSPS) is 12.7. The van der Waals surface area contributed by atoms with Crippen molar-refractivity contribution in [3.05, 3.63) is 81.3 Å². The molecule has 1 heterocycles. The quantitative estimate of drug-likeness (QED) is 0.568. The molecule has 32 heavy (non-hydrogen) atoms. The van der Waals surface area contributed by atoms with Crippen LogP contribution in [-0.4, -0.2) is 29.8 Å². The molecule has 0 saturated heterocycles. The van der Waals surface area contributed by atoms with Gasteiger partial charge in [0.05, 0.1) is 12.8 Å². The number of amides is 1. The van der Waals surface area contributed by atoms with Gasteiger partial charge in [0.15, 0.2) is 6.61 Å². The Labute approximate surface area is 186 Å². The van der Waals surface area contributed by atoms with Crippen LogP contribution in [0.5, 0.6) is 11.5 Å². The average molecular weight is 434 g/mol. The molecule has 2 N–H and O–H groups in total. The second-order valence-electron chi connectivity index (χ2n) is 7.88. The third-order valence-electron chi connectivity index (χ3n) is 5.67. The molecule has 0 spiro atoms. The molecule has 166 valence electrons. The molecule has 0 aliphatic heterocycles. The fourth-order valence-electron chi connectivity index (χ4n) is 4.02. The first-order chi connectivity index (χ1) is 15.6. The number of ether oxygens (including phenoxy) is 2. The highest BCUT2D eigenvalue weighted by atomic mass is 16.5. The number of hydrogen-bond donors (Lipinski definition) is 2. The van der Waals surface area contributed by atoms with Crippen LogP contribution in [0, 0.1) is 0 Å². The summed E-state index contributed by atoms with van der Waals surface area (Å²) in [6.07, 6.45) is 5.44. The number of benzene rings is 2. The number of H-pyrrole nitrogens is 1. The van der Waals surface area contributed by atoms with E-state index < -0.39 is 0 Å². The molecular weight excluding hydrogens is 406 g/mol. The highest BCUT2D eigenvalue weighted by Gasteiger charge is 2.17. The second kappa shape index (κ2) is 10.1. The van der Waals surface area contributed by atoms with E-state index in [-0.39, 0.29) is 18.1 Å². The number of aromatic nitrogens is 2. The number of nitrogens with one attached hydrogen (secondary N) is 2. The maximum Gasteiger partial charge on any atom is 0.267 e. The van der Waals surface area contributed by atoms with Gasteiger partial charge in [0.1, 0.15) is 11.5 Å². The first kappa shape index (κ1) is 21.6. The Bertz CT molecular complexity index is 1140. The van der Waals surface area contributed by atoms with Crippen LogP contribution in [0.1, 0.15) is 35.2 Å². The first-order valence-corrected chi connectivity index (χ1v) is 10.9. The highest BCUT2D eigenvalue weighted by Crippen LogP contribution is 2.22. The number of rotatable bonds is 8. The largest absolute Gasteiger partial charge is 0.497 e. The van der Waals surface area contributed by atoms with Crippen molar-refractivity contribution in [2.45, 2.75) is 38.5 Å². The maximum atomic E-state index is 12.3. The first-order valence-electron chi connectivity index (χ1n) is 10.9. The molecule has 4 rings (SSSR count). The molecule has 1 aromatic heterocycles. The molecule has 0 bridgehead atoms. The number of aromatic amines is 1. The lowest BCUT2D eigenvalue weighted by atomic mass is 9.90. The van der Waals surface area contributed by atoms with E-state index in [4.69, 9.17) is 9.47 Å². The third kappa shape index (κ3) is 5.35. The summed E-state index contributed by atoms with van der Waals surface area (Å²) in [5, 5.41) is 9.84. The molecule has 7 heteroatoms. The standard InChI is InChI=1S/C25H27N3O4/c1-31-19-10-12-20(13-11-19)32-16-24(29)26-18-6-4-5-17(15-18)9-14-23-21-7-2-3-8-22(21)25(30)28-27-23/h4-6,10-13,15H,2-3,7-9,14,16H2,1H3,(H,26,29)(H,28,30). The summed E-state index contributed by atoms with van der Waals surface area (Å²) in [6, 6.07) is 14.9. The van der Waals surface area contributed by atoms with Crippen molar-refractivity contribution in [1.29, 1.82) is 0 Å². The van der Waals surface area contributed by atoms with Crippen LogP contribution in [0.25, 0.3) is 0 Å². The number of carbonyl (C=O) groups is 1. The molecule has 2 aromatic carbocycles. The van der Waals surface area contributed by atoms with Crippen LogP contribution in [0.15, 0.2) is 53.3 Å². The fraction of sp³-hybridized carbons (Fsp3) is 0.320. The Morgan fingerprint density at radius 1 is 1.03 bits per heavy atom. The van der Waals surface area contributed by atoms with Crippen LogP contribution < -0.4 is 20.3 Å². The minimum Gasteiger partial charge on any atom is -0.497 e. The van der Waals surface area contributed by atoms with E-state index in [0.717, 1.165) is 72.3 Å². The average Bonchev–Trinajstić information content (AvgIpc) is 2.83. The van der Waals surface area contributed by atoms with E-state index in [0.29, 0.717) is 5.75 Å². The zero-order valence-electron chi connectivity index (χ0n) is 18.1.